The van der Waals surface area contributed by atoms with Crippen molar-refractivity contribution < 1.29 is 9.32 Å². The summed E-state index contributed by atoms with van der Waals surface area (Å²) >= 11 is 0. The van der Waals surface area contributed by atoms with Gasteiger partial charge < -0.3 is 10.4 Å². The molecule has 0 bridgehead atoms. The highest BCUT2D eigenvalue weighted by molar-refractivity contribution is 7.84. The maximum atomic E-state index is 10.7. The Morgan fingerprint density at radius 1 is 1.55 bits per heavy atom. The van der Waals surface area contributed by atoms with E-state index in [0.29, 0.717) is 12.3 Å². The summed E-state index contributed by atoms with van der Waals surface area (Å²) in [6, 6.07) is 0.218. The molecule has 4 heteroatoms. The van der Waals surface area contributed by atoms with Gasteiger partial charge in [0, 0.05) is 35.4 Å². The minimum atomic E-state index is -0.755. The first-order chi connectivity index (χ1) is 5.02. The van der Waals surface area contributed by atoms with E-state index in [4.69, 9.17) is 5.11 Å². The summed E-state index contributed by atoms with van der Waals surface area (Å²) < 4.78 is 10.7. The van der Waals surface area contributed by atoms with Crippen LogP contribution in [0, 0.1) is 0 Å². The highest BCUT2D eigenvalue weighted by Gasteiger charge is 2.03. The Balaban J connectivity index is 3.37. The van der Waals surface area contributed by atoms with Crippen LogP contribution in [0.3, 0.4) is 0 Å². The van der Waals surface area contributed by atoms with E-state index in [1.54, 1.807) is 13.2 Å². The van der Waals surface area contributed by atoms with Crippen molar-refractivity contribution in [2.75, 3.05) is 18.6 Å². The van der Waals surface area contributed by atoms with Gasteiger partial charge in [0.25, 0.3) is 0 Å². The normalized spacial score (nSPS) is 19.3. The van der Waals surface area contributed by atoms with Crippen LogP contribution < -0.4 is 5.32 Å². The van der Waals surface area contributed by atoms with Gasteiger partial charge in [-0.25, -0.2) is 0 Å². The molecule has 0 aromatic heterocycles. The van der Waals surface area contributed by atoms with Crippen molar-refractivity contribution in [3.8, 4) is 0 Å². The highest BCUT2D eigenvalue weighted by atomic mass is 32.2. The van der Waals surface area contributed by atoms with Gasteiger partial charge in [0.1, 0.15) is 0 Å². The van der Waals surface area contributed by atoms with Gasteiger partial charge in [-0.05, 0) is 13.8 Å². The second-order valence-corrected chi connectivity index (χ2v) is 4.38. The van der Waals surface area contributed by atoms with Crippen molar-refractivity contribution in [2.24, 2.45) is 0 Å². The van der Waals surface area contributed by atoms with Crippen molar-refractivity contribution in [3.05, 3.63) is 0 Å². The molecule has 3 nitrogen and oxygen atoms in total. The van der Waals surface area contributed by atoms with E-state index in [9.17, 15) is 4.21 Å². The van der Waals surface area contributed by atoms with Crippen molar-refractivity contribution in [2.45, 2.75) is 26.0 Å². The zero-order valence-electron chi connectivity index (χ0n) is 7.33. The minimum Gasteiger partial charge on any atom is -0.392 e. The topological polar surface area (TPSA) is 49.3 Å². The maximum Gasteiger partial charge on any atom is 0.0636 e. The molecule has 68 valence electrons. The van der Waals surface area contributed by atoms with Gasteiger partial charge in [0.05, 0.1) is 6.10 Å². The van der Waals surface area contributed by atoms with Gasteiger partial charge in [0.2, 0.25) is 0 Å². The molecule has 0 aliphatic carbocycles. The molecule has 0 aliphatic heterocycles. The van der Waals surface area contributed by atoms with E-state index in [0.717, 1.165) is 0 Å². The van der Waals surface area contributed by atoms with Crippen LogP contribution in [0.1, 0.15) is 13.8 Å². The van der Waals surface area contributed by atoms with Crippen LogP contribution in [0.5, 0.6) is 0 Å². The molecule has 2 unspecified atom stereocenters. The van der Waals surface area contributed by atoms with Gasteiger partial charge in [0.15, 0.2) is 0 Å². The molecule has 0 fully saturated rings. The Bertz CT molecular complexity index is 128. The molecule has 0 amide bonds. The Hall–Kier alpha value is 0.0700. The maximum absolute atomic E-state index is 10.7. The standard InChI is InChI=1S/C7H17NO2S/c1-6(5-11(3)10)8-4-7(2)9/h6-9H,4-5H2,1-3H3/t6?,7-,11?/m0/s1. The van der Waals surface area contributed by atoms with Crippen LogP contribution in [-0.4, -0.2) is 40.0 Å². The average Bonchev–Trinajstić information content (AvgIpc) is 1.82. The van der Waals surface area contributed by atoms with Crippen molar-refractivity contribution in [1.29, 1.82) is 0 Å². The molecule has 0 aromatic carbocycles. The van der Waals surface area contributed by atoms with Gasteiger partial charge in [-0.3, -0.25) is 4.21 Å². The molecule has 11 heavy (non-hydrogen) atoms. The fourth-order valence-corrected chi connectivity index (χ4v) is 1.60. The number of rotatable bonds is 5. The third-order valence-electron chi connectivity index (χ3n) is 1.25. The van der Waals surface area contributed by atoms with Crippen molar-refractivity contribution >= 4 is 10.8 Å². The Morgan fingerprint density at radius 2 is 2.09 bits per heavy atom. The van der Waals surface area contributed by atoms with Gasteiger partial charge >= 0.3 is 0 Å². The van der Waals surface area contributed by atoms with Crippen LogP contribution in [0.4, 0.5) is 0 Å². The predicted octanol–water partition coefficient (Wildman–Crippen LogP) is -0.276. The second-order valence-electron chi connectivity index (χ2n) is 2.90. The molecule has 0 radical (unpaired) electrons. The SMILES string of the molecule is CC(CS(C)=O)NC[C@H](C)O. The largest absolute Gasteiger partial charge is 0.392 e. The first-order valence-corrected chi connectivity index (χ1v) is 5.46. The van der Waals surface area contributed by atoms with Crippen LogP contribution in [0.25, 0.3) is 0 Å². The molecule has 3 atom stereocenters. The lowest BCUT2D eigenvalue weighted by molar-refractivity contribution is 0.188. The van der Waals surface area contributed by atoms with Crippen LogP contribution in [0.15, 0.2) is 0 Å². The molecule has 0 rings (SSSR count). The molecule has 0 aliphatic rings. The van der Waals surface area contributed by atoms with E-state index in [1.807, 2.05) is 6.92 Å². The summed E-state index contributed by atoms with van der Waals surface area (Å²) in [5.74, 6) is 0.646. The second kappa shape index (κ2) is 5.69. The van der Waals surface area contributed by atoms with E-state index < -0.39 is 10.8 Å². The van der Waals surface area contributed by atoms with Gasteiger partial charge in [-0.15, -0.1) is 0 Å². The third kappa shape index (κ3) is 7.97. The first kappa shape index (κ1) is 11.1. The summed E-state index contributed by atoms with van der Waals surface area (Å²) in [6.07, 6.45) is 1.35. The molecule has 0 saturated heterocycles. The fourth-order valence-electron chi connectivity index (χ4n) is 0.783. The van der Waals surface area contributed by atoms with E-state index >= 15 is 0 Å². The number of hydrogen-bond donors (Lipinski definition) is 2. The highest BCUT2D eigenvalue weighted by Crippen LogP contribution is 1.86. The summed E-state index contributed by atoms with van der Waals surface area (Å²) in [7, 11) is -0.755. The van der Waals surface area contributed by atoms with Crippen molar-refractivity contribution in [3.63, 3.8) is 0 Å². The van der Waals surface area contributed by atoms with Crippen LogP contribution in [0.2, 0.25) is 0 Å². The summed E-state index contributed by atoms with van der Waals surface area (Å²) in [5.41, 5.74) is 0. The lowest BCUT2D eigenvalue weighted by Crippen LogP contribution is -2.35. The lowest BCUT2D eigenvalue weighted by atomic mass is 10.3. The summed E-state index contributed by atoms with van der Waals surface area (Å²) in [4.78, 5) is 0. The average molecular weight is 179 g/mol. The van der Waals surface area contributed by atoms with E-state index in [2.05, 4.69) is 5.32 Å². The van der Waals surface area contributed by atoms with Crippen LogP contribution in [-0.2, 0) is 10.8 Å². The quantitative estimate of drug-likeness (QED) is 0.610. The molecular weight excluding hydrogens is 162 g/mol. The number of nitrogens with one attached hydrogen (secondary N) is 1. The Kier molecular flexibility index (Phi) is 5.72. The third-order valence-corrected chi connectivity index (χ3v) is 2.22. The number of aliphatic hydroxyl groups excluding tert-OH is 1. The summed E-state index contributed by atoms with van der Waals surface area (Å²) in [6.45, 7) is 4.25. The fraction of sp³-hybridized carbons (Fsp3) is 1.00. The monoisotopic (exact) mass is 179 g/mol. The van der Waals surface area contributed by atoms with E-state index in [1.165, 1.54) is 0 Å². The zero-order chi connectivity index (χ0) is 8.85. The molecule has 0 saturated carbocycles. The molecular formula is C7H17NO2S. The van der Waals surface area contributed by atoms with Gasteiger partial charge in [-0.2, -0.15) is 0 Å². The first-order valence-electron chi connectivity index (χ1n) is 3.74. The number of aliphatic hydroxyl groups is 1. The predicted molar refractivity (Wildman–Crippen MR) is 48.1 cm³/mol. The molecule has 0 aromatic rings. The lowest BCUT2D eigenvalue weighted by Gasteiger charge is -2.13. The molecule has 0 heterocycles. The van der Waals surface area contributed by atoms with E-state index in [-0.39, 0.29) is 12.1 Å². The Labute approximate surface area is 70.6 Å². The summed E-state index contributed by atoms with van der Waals surface area (Å²) in [5, 5.41) is 12.0. The van der Waals surface area contributed by atoms with Gasteiger partial charge in [-0.1, -0.05) is 0 Å². The molecule has 2 N–H and O–H groups in total. The molecule has 0 spiro atoms. The minimum absolute atomic E-state index is 0.218. The number of hydrogen-bond acceptors (Lipinski definition) is 3. The Morgan fingerprint density at radius 3 is 2.45 bits per heavy atom. The van der Waals surface area contributed by atoms with Crippen LogP contribution >= 0.6 is 0 Å². The smallest absolute Gasteiger partial charge is 0.0636 e. The van der Waals surface area contributed by atoms with Crippen molar-refractivity contribution in [1.82, 2.24) is 5.32 Å². The zero-order valence-corrected chi connectivity index (χ0v) is 8.15.